The van der Waals surface area contributed by atoms with Crippen LogP contribution in [0.5, 0.6) is 0 Å². The molecule has 0 aliphatic rings. The summed E-state index contributed by atoms with van der Waals surface area (Å²) in [5.41, 5.74) is 1.03. The number of aliphatic hydroxyl groups is 1. The summed E-state index contributed by atoms with van der Waals surface area (Å²) in [6, 6.07) is 16.5. The first-order chi connectivity index (χ1) is 11.1. The molecular weight excluding hydrogens is 312 g/mol. The molecule has 0 aliphatic heterocycles. The maximum absolute atomic E-state index is 10.6. The topological polar surface area (TPSA) is 75.4 Å². The minimum Gasteiger partial charge on any atom is -0.386 e. The quantitative estimate of drug-likeness (QED) is 0.535. The van der Waals surface area contributed by atoms with Crippen LogP contribution in [0, 0.1) is 10.1 Å². The van der Waals surface area contributed by atoms with Crippen molar-refractivity contribution in [3.05, 3.63) is 75.2 Å². The summed E-state index contributed by atoms with van der Waals surface area (Å²) in [4.78, 5) is 11.1. The molecule has 1 aromatic heterocycles. The van der Waals surface area contributed by atoms with Crippen LogP contribution in [0.15, 0.2) is 54.6 Å². The third-order valence-corrected chi connectivity index (χ3v) is 4.80. The van der Waals surface area contributed by atoms with E-state index in [4.69, 9.17) is 0 Å². The van der Waals surface area contributed by atoms with Crippen molar-refractivity contribution in [3.63, 3.8) is 0 Å². The zero-order valence-corrected chi connectivity index (χ0v) is 13.1. The van der Waals surface area contributed by atoms with Crippen molar-refractivity contribution in [2.24, 2.45) is 0 Å². The molecule has 118 valence electrons. The molecule has 0 saturated heterocycles. The second kappa shape index (κ2) is 6.87. The van der Waals surface area contributed by atoms with Gasteiger partial charge in [0.15, 0.2) is 0 Å². The molecule has 23 heavy (non-hydrogen) atoms. The first kappa shape index (κ1) is 15.6. The first-order valence-corrected chi connectivity index (χ1v) is 8.06. The van der Waals surface area contributed by atoms with E-state index in [1.165, 1.54) is 12.1 Å². The van der Waals surface area contributed by atoms with E-state index in [9.17, 15) is 15.2 Å². The second-order valence-corrected chi connectivity index (χ2v) is 6.37. The number of fused-ring (bicyclic) bond motifs is 1. The lowest BCUT2D eigenvalue weighted by molar-refractivity contribution is -0.384. The molecule has 6 heteroatoms. The van der Waals surface area contributed by atoms with Gasteiger partial charge in [-0.2, -0.15) is 0 Å². The van der Waals surface area contributed by atoms with Gasteiger partial charge in [-0.15, -0.1) is 11.3 Å². The number of non-ortho nitro benzene ring substituents is 1. The van der Waals surface area contributed by atoms with E-state index >= 15 is 0 Å². The summed E-state index contributed by atoms with van der Waals surface area (Å²) in [6.45, 7) is 0.990. The van der Waals surface area contributed by atoms with Crippen molar-refractivity contribution in [2.75, 3.05) is 6.54 Å². The van der Waals surface area contributed by atoms with Crippen molar-refractivity contribution in [2.45, 2.75) is 12.6 Å². The summed E-state index contributed by atoms with van der Waals surface area (Å²) in [6.07, 6.45) is -0.564. The first-order valence-electron chi connectivity index (χ1n) is 7.24. The third kappa shape index (κ3) is 3.73. The average molecular weight is 328 g/mol. The van der Waals surface area contributed by atoms with E-state index in [0.29, 0.717) is 13.1 Å². The van der Waals surface area contributed by atoms with Gasteiger partial charge in [0.05, 0.1) is 4.92 Å². The van der Waals surface area contributed by atoms with Crippen LogP contribution in [0.3, 0.4) is 0 Å². The van der Waals surface area contributed by atoms with Gasteiger partial charge in [0.25, 0.3) is 5.69 Å². The average Bonchev–Trinajstić information content (AvgIpc) is 2.99. The Morgan fingerprint density at radius 2 is 1.91 bits per heavy atom. The minimum atomic E-state index is -0.564. The van der Waals surface area contributed by atoms with Crippen LogP contribution in [0.2, 0.25) is 0 Å². The zero-order valence-electron chi connectivity index (χ0n) is 12.3. The number of benzene rings is 2. The standard InChI is InChI=1S/C17H16N2O3S/c20-15(17-9-13-3-1-2-4-16(13)23-17)11-18-10-12-5-7-14(8-6-12)19(21)22/h1-9,15,18,20H,10-11H2. The molecule has 2 aromatic carbocycles. The Labute approximate surface area is 137 Å². The maximum Gasteiger partial charge on any atom is 0.269 e. The van der Waals surface area contributed by atoms with E-state index in [1.54, 1.807) is 23.5 Å². The fraction of sp³-hybridized carbons (Fsp3) is 0.176. The number of hydrogen-bond acceptors (Lipinski definition) is 5. The van der Waals surface area contributed by atoms with Gasteiger partial charge in [-0.05, 0) is 23.1 Å². The second-order valence-electron chi connectivity index (χ2n) is 5.26. The van der Waals surface area contributed by atoms with E-state index in [2.05, 4.69) is 5.32 Å². The molecule has 1 unspecified atom stereocenters. The van der Waals surface area contributed by atoms with E-state index in [1.807, 2.05) is 30.3 Å². The minimum absolute atomic E-state index is 0.0825. The van der Waals surface area contributed by atoms with Gasteiger partial charge in [-0.25, -0.2) is 0 Å². The lowest BCUT2D eigenvalue weighted by Crippen LogP contribution is -2.20. The molecule has 1 atom stereocenters. The zero-order chi connectivity index (χ0) is 16.2. The molecule has 0 amide bonds. The number of nitrogens with one attached hydrogen (secondary N) is 1. The number of hydrogen-bond donors (Lipinski definition) is 2. The van der Waals surface area contributed by atoms with Crippen LogP contribution in [0.1, 0.15) is 16.5 Å². The predicted molar refractivity (Wildman–Crippen MR) is 91.6 cm³/mol. The lowest BCUT2D eigenvalue weighted by Gasteiger charge is -2.10. The molecule has 3 rings (SSSR count). The van der Waals surface area contributed by atoms with Crippen molar-refractivity contribution in [1.82, 2.24) is 5.32 Å². The van der Waals surface area contributed by atoms with Crippen LogP contribution in [0.25, 0.3) is 10.1 Å². The number of nitro benzene ring substituents is 1. The lowest BCUT2D eigenvalue weighted by atomic mass is 10.2. The number of nitro groups is 1. The molecule has 0 spiro atoms. The van der Waals surface area contributed by atoms with Crippen LogP contribution in [-0.2, 0) is 6.54 Å². The Bertz CT molecular complexity index is 781. The van der Waals surface area contributed by atoms with Crippen LogP contribution >= 0.6 is 11.3 Å². The van der Waals surface area contributed by atoms with Crippen LogP contribution < -0.4 is 5.32 Å². The van der Waals surface area contributed by atoms with Gasteiger partial charge >= 0.3 is 0 Å². The number of nitrogens with zero attached hydrogens (tertiary/aromatic N) is 1. The highest BCUT2D eigenvalue weighted by Gasteiger charge is 2.11. The van der Waals surface area contributed by atoms with Crippen molar-refractivity contribution < 1.29 is 10.0 Å². The molecule has 2 N–H and O–H groups in total. The Morgan fingerprint density at radius 1 is 1.17 bits per heavy atom. The van der Waals surface area contributed by atoms with Crippen molar-refractivity contribution in [1.29, 1.82) is 0 Å². The molecule has 1 heterocycles. The summed E-state index contributed by atoms with van der Waals surface area (Å²) in [7, 11) is 0. The van der Waals surface area contributed by atoms with Crippen molar-refractivity contribution >= 4 is 27.1 Å². The number of thiophene rings is 1. The van der Waals surface area contributed by atoms with Gasteiger partial charge in [0.2, 0.25) is 0 Å². The summed E-state index contributed by atoms with van der Waals surface area (Å²) < 4.78 is 1.16. The highest BCUT2D eigenvalue weighted by molar-refractivity contribution is 7.19. The molecule has 0 aliphatic carbocycles. The normalized spacial score (nSPS) is 12.4. The summed E-state index contributed by atoms with van der Waals surface area (Å²) in [5, 5.41) is 25.2. The Morgan fingerprint density at radius 3 is 2.61 bits per heavy atom. The van der Waals surface area contributed by atoms with Crippen LogP contribution in [-0.4, -0.2) is 16.6 Å². The van der Waals surface area contributed by atoms with Gasteiger partial charge in [0, 0.05) is 34.8 Å². The molecule has 0 radical (unpaired) electrons. The molecular formula is C17H16N2O3S. The molecule has 3 aromatic rings. The predicted octanol–water partition coefficient (Wildman–Crippen LogP) is 3.63. The SMILES string of the molecule is O=[N+]([O-])c1ccc(CNCC(O)c2cc3ccccc3s2)cc1. The van der Waals surface area contributed by atoms with Gasteiger partial charge in [-0.3, -0.25) is 10.1 Å². The molecule has 0 fully saturated rings. The van der Waals surface area contributed by atoms with E-state index in [0.717, 1.165) is 20.5 Å². The Balaban J connectivity index is 1.56. The van der Waals surface area contributed by atoms with Crippen molar-refractivity contribution in [3.8, 4) is 0 Å². The molecule has 0 saturated carbocycles. The maximum atomic E-state index is 10.6. The Kier molecular flexibility index (Phi) is 4.66. The smallest absolute Gasteiger partial charge is 0.269 e. The summed E-state index contributed by atoms with van der Waals surface area (Å²) >= 11 is 1.59. The van der Waals surface area contributed by atoms with E-state index in [-0.39, 0.29) is 5.69 Å². The fourth-order valence-electron chi connectivity index (χ4n) is 2.36. The van der Waals surface area contributed by atoms with Gasteiger partial charge in [0.1, 0.15) is 6.10 Å². The molecule has 5 nitrogen and oxygen atoms in total. The highest BCUT2D eigenvalue weighted by Crippen LogP contribution is 2.29. The van der Waals surface area contributed by atoms with Gasteiger partial charge in [-0.1, -0.05) is 30.3 Å². The van der Waals surface area contributed by atoms with Gasteiger partial charge < -0.3 is 10.4 Å². The number of aliphatic hydroxyl groups excluding tert-OH is 1. The molecule has 0 bridgehead atoms. The fourth-order valence-corrected chi connectivity index (χ4v) is 3.41. The largest absolute Gasteiger partial charge is 0.386 e. The van der Waals surface area contributed by atoms with E-state index < -0.39 is 11.0 Å². The van der Waals surface area contributed by atoms with Crippen LogP contribution in [0.4, 0.5) is 5.69 Å². The Hall–Kier alpha value is -2.28. The monoisotopic (exact) mass is 328 g/mol. The number of rotatable bonds is 6. The summed E-state index contributed by atoms with van der Waals surface area (Å²) in [5.74, 6) is 0. The third-order valence-electron chi connectivity index (χ3n) is 3.59. The highest BCUT2D eigenvalue weighted by atomic mass is 32.1.